The summed E-state index contributed by atoms with van der Waals surface area (Å²) >= 11 is 0. The maximum absolute atomic E-state index is 3.90. The Hall–Kier alpha value is -1.65. The first-order valence-corrected chi connectivity index (χ1v) is 2.75. The van der Waals surface area contributed by atoms with Crippen LogP contribution >= 0.6 is 0 Å². The van der Waals surface area contributed by atoms with E-state index in [1.54, 1.807) is 18.5 Å². The third-order valence-electron chi connectivity index (χ3n) is 1.05. The van der Waals surface area contributed by atoms with Gasteiger partial charge < -0.3 is 0 Å². The van der Waals surface area contributed by atoms with Gasteiger partial charge in [0, 0.05) is 0 Å². The van der Waals surface area contributed by atoms with Gasteiger partial charge in [0.25, 0.3) is 0 Å². The zero-order valence-electron chi connectivity index (χ0n) is 5.05. The highest BCUT2D eigenvalue weighted by Gasteiger charge is 1.90. The molecular weight excluding hydrogens is 130 g/mol. The Balaban J connectivity index is 2.48. The smallest absolute Gasteiger partial charge is 0.137 e. The molecule has 10 heavy (non-hydrogen) atoms. The molecule has 49 valence electrons. The summed E-state index contributed by atoms with van der Waals surface area (Å²) in [6.07, 6.45) is 7.63. The van der Waals surface area contributed by atoms with Crippen LogP contribution in [0.4, 0.5) is 0 Å². The second kappa shape index (κ2) is 1.94. The van der Waals surface area contributed by atoms with Gasteiger partial charge >= 0.3 is 0 Å². The molecule has 0 fully saturated rings. The first kappa shape index (κ1) is 5.16. The van der Waals surface area contributed by atoms with Gasteiger partial charge in [-0.15, -0.1) is 9.89 Å². The molecule has 0 N–H and O–H groups in total. The first-order valence-electron chi connectivity index (χ1n) is 2.75. The molecule has 2 rings (SSSR count). The topological polar surface area (TPSA) is 48.5 Å². The van der Waals surface area contributed by atoms with E-state index in [4.69, 9.17) is 0 Å². The Labute approximate surface area is 56.9 Å². The molecule has 0 aliphatic rings. The van der Waals surface area contributed by atoms with Crippen LogP contribution in [0.2, 0.25) is 0 Å². The van der Waals surface area contributed by atoms with E-state index in [1.807, 2.05) is 0 Å². The average molecular weight is 134 g/mol. The van der Waals surface area contributed by atoms with Crippen LogP contribution in [0.15, 0.2) is 24.7 Å². The number of hydrogen-bond acceptors (Lipinski definition) is 3. The molecule has 0 atom stereocenters. The molecule has 0 amide bonds. The van der Waals surface area contributed by atoms with Gasteiger partial charge in [-0.2, -0.15) is 9.89 Å². The van der Waals surface area contributed by atoms with Gasteiger partial charge in [-0.25, -0.2) is 0 Å². The van der Waals surface area contributed by atoms with E-state index in [-0.39, 0.29) is 0 Å². The Bertz CT molecular complexity index is 249. The fourth-order valence-corrected chi connectivity index (χ4v) is 0.651. The van der Waals surface area contributed by atoms with E-state index < -0.39 is 0 Å². The Morgan fingerprint density at radius 2 is 2.40 bits per heavy atom. The number of aromatic nitrogens is 5. The fraction of sp³-hybridized carbons (Fsp3) is 0. The van der Waals surface area contributed by atoms with Crippen LogP contribution in [0.3, 0.4) is 0 Å². The molecule has 0 aromatic carbocycles. The second-order valence-electron chi connectivity index (χ2n) is 1.68. The lowest BCUT2D eigenvalue weighted by molar-refractivity contribution is 0.487. The minimum atomic E-state index is 1.40. The summed E-state index contributed by atoms with van der Waals surface area (Å²) < 4.78 is 0. The van der Waals surface area contributed by atoms with Gasteiger partial charge in [0.05, 0.1) is 18.6 Å². The minimum Gasteiger partial charge on any atom is -0.159 e. The average Bonchev–Trinajstić information content (AvgIpc) is 2.59. The quantitative estimate of drug-likeness (QED) is 0.532. The monoisotopic (exact) mass is 134 g/mol. The summed E-state index contributed by atoms with van der Waals surface area (Å²) in [5.41, 5.74) is 0. The van der Waals surface area contributed by atoms with Gasteiger partial charge in [-0.3, -0.25) is 0 Å². The van der Waals surface area contributed by atoms with Crippen molar-refractivity contribution in [3.05, 3.63) is 30.9 Å². The third-order valence-corrected chi connectivity index (χ3v) is 1.05. The molecule has 0 spiro atoms. The Morgan fingerprint density at radius 1 is 1.40 bits per heavy atom. The predicted molar refractivity (Wildman–Crippen MR) is 31.9 cm³/mol. The molecule has 0 unspecified atom stereocenters. The molecule has 0 bridgehead atoms. The summed E-state index contributed by atoms with van der Waals surface area (Å²) in [7, 11) is 0. The van der Waals surface area contributed by atoms with Crippen LogP contribution < -0.4 is 0 Å². The fourth-order valence-electron chi connectivity index (χ4n) is 0.651. The van der Waals surface area contributed by atoms with Gasteiger partial charge in [-0.05, 0) is 11.3 Å². The van der Waals surface area contributed by atoms with Crippen molar-refractivity contribution in [2.75, 3.05) is 0 Å². The molecule has 0 saturated heterocycles. The van der Waals surface area contributed by atoms with Crippen molar-refractivity contribution in [2.45, 2.75) is 0 Å². The first-order chi connectivity index (χ1) is 4.97. The Kier molecular flexibility index (Phi) is 1.00. The predicted octanol–water partition coefficient (Wildman–Crippen LogP) is -0.414. The summed E-state index contributed by atoms with van der Waals surface area (Å²) in [6.45, 7) is 0. The SMILES string of the molecule is [c]1cnnn1-n1cccn1. The van der Waals surface area contributed by atoms with Crippen molar-refractivity contribution < 1.29 is 0 Å². The standard InChI is InChI=1S/C5H4N5/c1-2-7-9(4-1)10-5-3-6-8-10/h1-4H. The molecule has 5 nitrogen and oxygen atoms in total. The number of nitrogens with zero attached hydrogens (tertiary/aromatic N) is 5. The highest BCUT2D eigenvalue weighted by atomic mass is 15.7. The molecular formula is C5H4N5. The normalized spacial score (nSPS) is 10.0. The van der Waals surface area contributed by atoms with Crippen molar-refractivity contribution in [3.8, 4) is 0 Å². The number of hydrogen-bond donors (Lipinski definition) is 0. The van der Waals surface area contributed by atoms with E-state index in [2.05, 4.69) is 21.6 Å². The van der Waals surface area contributed by atoms with Crippen LogP contribution in [-0.4, -0.2) is 25.0 Å². The van der Waals surface area contributed by atoms with Crippen molar-refractivity contribution >= 4 is 0 Å². The third kappa shape index (κ3) is 0.680. The summed E-state index contributed by atoms with van der Waals surface area (Å²) in [5, 5.41) is 11.1. The molecule has 2 heterocycles. The molecule has 1 radical (unpaired) electrons. The maximum Gasteiger partial charge on any atom is 0.137 e. The summed E-state index contributed by atoms with van der Waals surface area (Å²) in [4.78, 5) is 2.92. The lowest BCUT2D eigenvalue weighted by Gasteiger charge is -1.94. The van der Waals surface area contributed by atoms with E-state index >= 15 is 0 Å². The number of rotatable bonds is 1. The van der Waals surface area contributed by atoms with Crippen molar-refractivity contribution in [1.29, 1.82) is 0 Å². The van der Waals surface area contributed by atoms with E-state index in [9.17, 15) is 0 Å². The van der Waals surface area contributed by atoms with E-state index in [1.165, 1.54) is 15.8 Å². The molecule has 0 aliphatic carbocycles. The van der Waals surface area contributed by atoms with Crippen molar-refractivity contribution in [2.24, 2.45) is 0 Å². The zero-order valence-corrected chi connectivity index (χ0v) is 5.05. The van der Waals surface area contributed by atoms with Gasteiger partial charge in [0.1, 0.15) is 6.20 Å². The van der Waals surface area contributed by atoms with E-state index in [0.717, 1.165) is 0 Å². The molecule has 5 heteroatoms. The van der Waals surface area contributed by atoms with E-state index in [0.29, 0.717) is 0 Å². The van der Waals surface area contributed by atoms with Crippen LogP contribution in [0.5, 0.6) is 0 Å². The van der Waals surface area contributed by atoms with Crippen LogP contribution in [0.1, 0.15) is 0 Å². The van der Waals surface area contributed by atoms with Crippen molar-refractivity contribution in [3.63, 3.8) is 0 Å². The summed E-state index contributed by atoms with van der Waals surface area (Å²) in [5.74, 6) is 0. The second-order valence-corrected chi connectivity index (χ2v) is 1.68. The lowest BCUT2D eigenvalue weighted by atomic mass is 10.8. The summed E-state index contributed by atoms with van der Waals surface area (Å²) in [6, 6.07) is 1.80. The maximum atomic E-state index is 3.90. The molecule has 0 aliphatic heterocycles. The van der Waals surface area contributed by atoms with Gasteiger partial charge in [0.15, 0.2) is 0 Å². The lowest BCUT2D eigenvalue weighted by Crippen LogP contribution is -2.10. The molecule has 0 saturated carbocycles. The van der Waals surface area contributed by atoms with Crippen LogP contribution in [0, 0.1) is 6.20 Å². The molecule has 2 aromatic rings. The minimum absolute atomic E-state index is 1.40. The highest BCUT2D eigenvalue weighted by Crippen LogP contribution is 1.83. The van der Waals surface area contributed by atoms with Gasteiger partial charge in [0.2, 0.25) is 0 Å². The highest BCUT2D eigenvalue weighted by molar-refractivity contribution is 4.78. The van der Waals surface area contributed by atoms with Crippen LogP contribution in [-0.2, 0) is 0 Å². The van der Waals surface area contributed by atoms with Gasteiger partial charge in [-0.1, -0.05) is 0 Å². The largest absolute Gasteiger partial charge is 0.159 e. The molecule has 2 aromatic heterocycles. The van der Waals surface area contributed by atoms with Crippen molar-refractivity contribution in [1.82, 2.24) is 25.0 Å². The van der Waals surface area contributed by atoms with Crippen LogP contribution in [0.25, 0.3) is 0 Å². The zero-order chi connectivity index (χ0) is 6.81. The Morgan fingerprint density at radius 3 is 3.00 bits per heavy atom.